The maximum Gasteiger partial charge on any atom is 0.241 e. The van der Waals surface area contributed by atoms with Crippen molar-refractivity contribution in [2.24, 2.45) is 0 Å². The first-order chi connectivity index (χ1) is 10.1. The van der Waals surface area contributed by atoms with Gasteiger partial charge in [0.15, 0.2) is 0 Å². The minimum atomic E-state index is -0.00858. The molecule has 0 spiro atoms. The molecule has 1 aromatic heterocycles. The molecule has 1 saturated heterocycles. The number of aryl methyl sites for hydroxylation is 1. The monoisotopic (exact) mass is 324 g/mol. The molecule has 2 heterocycles. The van der Waals surface area contributed by atoms with Crippen LogP contribution in [0.1, 0.15) is 48.5 Å². The first kappa shape index (κ1) is 15.4. The zero-order valence-electron chi connectivity index (χ0n) is 13.0. The largest absolute Gasteiger partial charge is 0.318 e. The van der Waals surface area contributed by atoms with Gasteiger partial charge in [-0.2, -0.15) is 11.8 Å². The summed E-state index contributed by atoms with van der Waals surface area (Å²) in [6.07, 6.45) is 6.68. The number of carbonyl (C=O) groups excluding carboxylic acids is 1. The standard InChI is InChI=1S/C16H24N2OS2/c1-4-13-16(19)18(11-6-7-12(9-11)20-3)15(17-13)14-8-5-10(2)21-14/h5,8,11-13,15,17H,4,6-7,9H2,1-3H3. The van der Waals surface area contributed by atoms with Gasteiger partial charge >= 0.3 is 0 Å². The van der Waals surface area contributed by atoms with Crippen LogP contribution in [0.4, 0.5) is 0 Å². The first-order valence-corrected chi connectivity index (χ1v) is 9.91. The summed E-state index contributed by atoms with van der Waals surface area (Å²) in [6.45, 7) is 4.22. The highest BCUT2D eigenvalue weighted by molar-refractivity contribution is 7.99. The number of thiophene rings is 1. The van der Waals surface area contributed by atoms with Crippen LogP contribution in [0.3, 0.4) is 0 Å². The fourth-order valence-corrected chi connectivity index (χ4v) is 5.26. The number of nitrogens with one attached hydrogen (secondary N) is 1. The number of rotatable bonds is 4. The van der Waals surface area contributed by atoms with E-state index in [1.54, 1.807) is 0 Å². The van der Waals surface area contributed by atoms with Crippen molar-refractivity contribution in [3.8, 4) is 0 Å². The fourth-order valence-electron chi connectivity index (χ4n) is 3.54. The van der Waals surface area contributed by atoms with Gasteiger partial charge in [0.25, 0.3) is 0 Å². The first-order valence-electron chi connectivity index (χ1n) is 7.81. The van der Waals surface area contributed by atoms with Gasteiger partial charge in [0.1, 0.15) is 6.17 Å². The Morgan fingerprint density at radius 1 is 1.43 bits per heavy atom. The molecule has 2 fully saturated rings. The van der Waals surface area contributed by atoms with Crippen molar-refractivity contribution in [2.45, 2.75) is 63.0 Å². The van der Waals surface area contributed by atoms with E-state index < -0.39 is 0 Å². The summed E-state index contributed by atoms with van der Waals surface area (Å²) in [5, 5.41) is 4.28. The lowest BCUT2D eigenvalue weighted by Gasteiger charge is -2.29. The molecule has 1 N–H and O–H groups in total. The van der Waals surface area contributed by atoms with Crippen LogP contribution in [-0.4, -0.2) is 34.4 Å². The van der Waals surface area contributed by atoms with Crippen LogP contribution < -0.4 is 5.32 Å². The van der Waals surface area contributed by atoms with Crippen molar-refractivity contribution >= 4 is 29.0 Å². The minimum absolute atomic E-state index is 0.00858. The van der Waals surface area contributed by atoms with Gasteiger partial charge in [-0.15, -0.1) is 11.3 Å². The molecule has 3 nitrogen and oxygen atoms in total. The highest BCUT2D eigenvalue weighted by Crippen LogP contribution is 2.39. The highest BCUT2D eigenvalue weighted by atomic mass is 32.2. The molecule has 0 bridgehead atoms. The average molecular weight is 325 g/mol. The highest BCUT2D eigenvalue weighted by Gasteiger charge is 2.44. The number of hydrogen-bond donors (Lipinski definition) is 1. The zero-order valence-corrected chi connectivity index (χ0v) is 14.6. The van der Waals surface area contributed by atoms with Crippen molar-refractivity contribution < 1.29 is 4.79 Å². The summed E-state index contributed by atoms with van der Waals surface area (Å²) >= 11 is 3.76. The predicted molar refractivity (Wildman–Crippen MR) is 90.8 cm³/mol. The Labute approximate surface area is 135 Å². The molecule has 2 aliphatic rings. The fraction of sp³-hybridized carbons (Fsp3) is 0.688. The van der Waals surface area contributed by atoms with Crippen LogP contribution in [0, 0.1) is 6.92 Å². The van der Waals surface area contributed by atoms with E-state index in [1.165, 1.54) is 16.2 Å². The minimum Gasteiger partial charge on any atom is -0.318 e. The van der Waals surface area contributed by atoms with E-state index in [9.17, 15) is 4.79 Å². The molecule has 21 heavy (non-hydrogen) atoms. The van der Waals surface area contributed by atoms with Gasteiger partial charge in [-0.25, -0.2) is 0 Å². The predicted octanol–water partition coefficient (Wildman–Crippen LogP) is 3.55. The molecule has 116 valence electrons. The molecular formula is C16H24N2OS2. The lowest BCUT2D eigenvalue weighted by molar-refractivity contribution is -0.132. The molecule has 1 saturated carbocycles. The molecule has 4 unspecified atom stereocenters. The third kappa shape index (κ3) is 2.88. The Hall–Kier alpha value is -0.520. The Bertz CT molecular complexity index is 516. The van der Waals surface area contributed by atoms with E-state index in [1.807, 2.05) is 23.1 Å². The molecule has 1 amide bonds. The summed E-state index contributed by atoms with van der Waals surface area (Å²) in [5.74, 6) is 0.306. The second-order valence-electron chi connectivity index (χ2n) is 6.05. The Morgan fingerprint density at radius 2 is 2.24 bits per heavy atom. The summed E-state index contributed by atoms with van der Waals surface area (Å²) in [4.78, 5) is 17.5. The second kappa shape index (κ2) is 6.31. The van der Waals surface area contributed by atoms with Gasteiger partial charge in [0.2, 0.25) is 5.91 Å². The van der Waals surface area contributed by atoms with Crippen LogP contribution in [-0.2, 0) is 4.79 Å². The number of thioether (sulfide) groups is 1. The van der Waals surface area contributed by atoms with Gasteiger partial charge in [-0.3, -0.25) is 10.1 Å². The van der Waals surface area contributed by atoms with Crippen LogP contribution in [0.15, 0.2) is 12.1 Å². The normalized spacial score (nSPS) is 33.1. The van der Waals surface area contributed by atoms with E-state index >= 15 is 0 Å². The van der Waals surface area contributed by atoms with Gasteiger partial charge in [0, 0.05) is 21.0 Å². The van der Waals surface area contributed by atoms with Gasteiger partial charge in [-0.05, 0) is 51.0 Å². The van der Waals surface area contributed by atoms with Crippen molar-refractivity contribution in [2.75, 3.05) is 6.26 Å². The topological polar surface area (TPSA) is 32.3 Å². The SMILES string of the molecule is CCC1NC(c2ccc(C)s2)N(C2CCC(SC)C2)C1=O. The van der Waals surface area contributed by atoms with Gasteiger partial charge in [0.05, 0.1) is 6.04 Å². The quantitative estimate of drug-likeness (QED) is 0.919. The second-order valence-corrected chi connectivity index (χ2v) is 8.51. The van der Waals surface area contributed by atoms with E-state index in [0.29, 0.717) is 17.2 Å². The average Bonchev–Trinajstić information content (AvgIpc) is 3.16. The zero-order chi connectivity index (χ0) is 15.0. The lowest BCUT2D eigenvalue weighted by atomic mass is 10.1. The van der Waals surface area contributed by atoms with Gasteiger partial charge in [-0.1, -0.05) is 6.92 Å². The van der Waals surface area contributed by atoms with Crippen molar-refractivity contribution in [3.05, 3.63) is 21.9 Å². The molecule has 1 aliphatic heterocycles. The maximum absolute atomic E-state index is 12.8. The van der Waals surface area contributed by atoms with Crippen molar-refractivity contribution in [3.63, 3.8) is 0 Å². The van der Waals surface area contributed by atoms with Crippen LogP contribution >= 0.6 is 23.1 Å². The molecule has 4 atom stereocenters. The van der Waals surface area contributed by atoms with E-state index in [4.69, 9.17) is 0 Å². The molecule has 3 rings (SSSR count). The molecule has 1 aliphatic carbocycles. The van der Waals surface area contributed by atoms with Crippen LogP contribution in [0.25, 0.3) is 0 Å². The van der Waals surface area contributed by atoms with Crippen molar-refractivity contribution in [1.29, 1.82) is 0 Å². The maximum atomic E-state index is 12.8. The molecule has 5 heteroatoms. The number of hydrogen-bond acceptors (Lipinski definition) is 4. The Morgan fingerprint density at radius 3 is 2.81 bits per heavy atom. The Balaban J connectivity index is 1.85. The molecular weight excluding hydrogens is 300 g/mol. The number of nitrogens with zero attached hydrogens (tertiary/aromatic N) is 1. The van der Waals surface area contributed by atoms with E-state index in [-0.39, 0.29) is 12.2 Å². The Kier molecular flexibility index (Phi) is 4.62. The summed E-state index contributed by atoms with van der Waals surface area (Å²) in [7, 11) is 0. The van der Waals surface area contributed by atoms with Crippen LogP contribution in [0.2, 0.25) is 0 Å². The molecule has 0 aromatic carbocycles. The third-order valence-electron chi connectivity index (χ3n) is 4.71. The van der Waals surface area contributed by atoms with E-state index in [0.717, 1.165) is 19.3 Å². The smallest absolute Gasteiger partial charge is 0.241 e. The molecule has 1 aromatic rings. The van der Waals surface area contributed by atoms with Crippen molar-refractivity contribution in [1.82, 2.24) is 10.2 Å². The summed E-state index contributed by atoms with van der Waals surface area (Å²) < 4.78 is 0. The molecule has 0 radical (unpaired) electrons. The lowest BCUT2D eigenvalue weighted by Crippen LogP contribution is -2.38. The summed E-state index contributed by atoms with van der Waals surface area (Å²) in [6, 6.07) is 4.73. The third-order valence-corrected chi connectivity index (χ3v) is 6.86. The van der Waals surface area contributed by atoms with E-state index in [2.05, 4.69) is 42.5 Å². The van der Waals surface area contributed by atoms with Crippen LogP contribution in [0.5, 0.6) is 0 Å². The van der Waals surface area contributed by atoms with Gasteiger partial charge < -0.3 is 4.90 Å². The summed E-state index contributed by atoms with van der Waals surface area (Å²) in [5.41, 5.74) is 0. The number of amides is 1. The number of carbonyl (C=O) groups is 1.